The second-order valence-electron chi connectivity index (χ2n) is 6.83. The topological polar surface area (TPSA) is 38.8 Å². The number of hydrogen-bond donors (Lipinski definition) is 0. The summed E-state index contributed by atoms with van der Waals surface area (Å²) in [6.45, 7) is 15.2. The quantitative estimate of drug-likeness (QED) is 0.711. The largest absolute Gasteiger partial charge is 0.459 e. The van der Waals surface area contributed by atoms with E-state index in [9.17, 15) is 4.79 Å². The van der Waals surface area contributed by atoms with Crippen molar-refractivity contribution in [3.63, 3.8) is 0 Å². The van der Waals surface area contributed by atoms with E-state index in [0.717, 1.165) is 13.1 Å². The molecule has 2 atom stereocenters. The number of morpholine rings is 1. The van der Waals surface area contributed by atoms with Crippen LogP contribution in [0.25, 0.3) is 0 Å². The Morgan fingerprint density at radius 1 is 1.44 bits per heavy atom. The van der Waals surface area contributed by atoms with Crippen LogP contribution in [0.5, 0.6) is 0 Å². The molecule has 1 heterocycles. The minimum absolute atomic E-state index is 0.138. The zero-order chi connectivity index (χ0) is 14.1. The molecule has 0 aliphatic carbocycles. The Bertz CT molecular complexity index is 307. The van der Waals surface area contributed by atoms with Gasteiger partial charge in [0.1, 0.15) is 11.6 Å². The van der Waals surface area contributed by atoms with Crippen LogP contribution >= 0.6 is 0 Å². The van der Waals surface area contributed by atoms with Crippen LogP contribution in [0.15, 0.2) is 0 Å². The second kappa shape index (κ2) is 5.17. The minimum Gasteiger partial charge on any atom is -0.459 e. The number of rotatable bonds is 2. The molecule has 0 amide bonds. The molecule has 1 aliphatic heterocycles. The Labute approximate surface area is 111 Å². The molecule has 1 fully saturated rings. The van der Waals surface area contributed by atoms with Gasteiger partial charge < -0.3 is 9.47 Å². The Balaban J connectivity index is 2.66. The SMILES string of the molecule is CC1CN(C(C)C(=O)OC(C)(C)C)CC(C)(C)O1. The van der Waals surface area contributed by atoms with Gasteiger partial charge in [0, 0.05) is 13.1 Å². The molecule has 0 aromatic rings. The van der Waals surface area contributed by atoms with E-state index >= 15 is 0 Å². The average Bonchev–Trinajstić information content (AvgIpc) is 2.10. The summed E-state index contributed by atoms with van der Waals surface area (Å²) in [6, 6.07) is -0.227. The van der Waals surface area contributed by atoms with E-state index in [1.54, 1.807) is 0 Å². The zero-order valence-electron chi connectivity index (χ0n) is 12.7. The van der Waals surface area contributed by atoms with Gasteiger partial charge in [0.25, 0.3) is 0 Å². The summed E-state index contributed by atoms with van der Waals surface area (Å²) >= 11 is 0. The van der Waals surface area contributed by atoms with Gasteiger partial charge in [-0.3, -0.25) is 9.69 Å². The van der Waals surface area contributed by atoms with E-state index < -0.39 is 5.60 Å². The monoisotopic (exact) mass is 257 g/mol. The molecule has 0 radical (unpaired) electrons. The fourth-order valence-electron chi connectivity index (χ4n) is 2.33. The smallest absolute Gasteiger partial charge is 0.323 e. The van der Waals surface area contributed by atoms with Crippen molar-refractivity contribution in [1.29, 1.82) is 0 Å². The predicted molar refractivity (Wildman–Crippen MR) is 71.5 cm³/mol. The van der Waals surface area contributed by atoms with Crippen LogP contribution < -0.4 is 0 Å². The third kappa shape index (κ3) is 4.58. The fraction of sp³-hybridized carbons (Fsp3) is 0.929. The van der Waals surface area contributed by atoms with Gasteiger partial charge in [-0.2, -0.15) is 0 Å². The summed E-state index contributed by atoms with van der Waals surface area (Å²) in [6.07, 6.45) is 0.138. The van der Waals surface area contributed by atoms with Crippen molar-refractivity contribution in [2.45, 2.75) is 71.8 Å². The van der Waals surface area contributed by atoms with Crippen molar-refractivity contribution in [2.75, 3.05) is 13.1 Å². The van der Waals surface area contributed by atoms with E-state index in [0.29, 0.717) is 0 Å². The molecule has 4 heteroatoms. The first kappa shape index (κ1) is 15.4. The van der Waals surface area contributed by atoms with Gasteiger partial charge in [-0.25, -0.2) is 0 Å². The van der Waals surface area contributed by atoms with Crippen LogP contribution in [0.2, 0.25) is 0 Å². The van der Waals surface area contributed by atoms with Gasteiger partial charge in [-0.15, -0.1) is 0 Å². The predicted octanol–water partition coefficient (Wildman–Crippen LogP) is 2.22. The van der Waals surface area contributed by atoms with E-state index in [-0.39, 0.29) is 23.7 Å². The summed E-state index contributed by atoms with van der Waals surface area (Å²) in [5.74, 6) is -0.160. The molecule has 0 bridgehead atoms. The Morgan fingerprint density at radius 3 is 2.44 bits per heavy atom. The van der Waals surface area contributed by atoms with E-state index in [2.05, 4.69) is 18.7 Å². The zero-order valence-corrected chi connectivity index (χ0v) is 12.7. The molecule has 0 spiro atoms. The van der Waals surface area contributed by atoms with E-state index in [1.165, 1.54) is 0 Å². The van der Waals surface area contributed by atoms with Crippen LogP contribution in [0.4, 0.5) is 0 Å². The molecule has 1 aliphatic rings. The standard InChI is InChI=1S/C14H27NO3/c1-10-8-15(9-14(6,7)17-10)11(2)12(16)18-13(3,4)5/h10-11H,8-9H2,1-7H3. The first-order chi connectivity index (χ1) is 8.00. The lowest BCUT2D eigenvalue weighted by Gasteiger charge is -2.43. The molecular formula is C14H27NO3. The summed E-state index contributed by atoms with van der Waals surface area (Å²) in [4.78, 5) is 14.2. The number of hydrogen-bond acceptors (Lipinski definition) is 4. The molecule has 0 saturated carbocycles. The highest BCUT2D eigenvalue weighted by Crippen LogP contribution is 2.23. The van der Waals surface area contributed by atoms with Crippen molar-refractivity contribution in [2.24, 2.45) is 0 Å². The lowest BCUT2D eigenvalue weighted by atomic mass is 10.0. The number of esters is 1. The maximum atomic E-state index is 12.1. The van der Waals surface area contributed by atoms with Crippen LogP contribution in [0.1, 0.15) is 48.5 Å². The van der Waals surface area contributed by atoms with Crippen molar-refractivity contribution in [3.8, 4) is 0 Å². The summed E-state index contributed by atoms with van der Waals surface area (Å²) in [7, 11) is 0. The molecule has 0 aromatic carbocycles. The highest BCUT2D eigenvalue weighted by Gasteiger charge is 2.36. The normalized spacial score (nSPS) is 26.7. The fourth-order valence-corrected chi connectivity index (χ4v) is 2.33. The number of carbonyl (C=O) groups excluding carboxylic acids is 1. The molecule has 4 nitrogen and oxygen atoms in total. The number of nitrogens with zero attached hydrogens (tertiary/aromatic N) is 1. The molecule has 106 valence electrons. The van der Waals surface area contributed by atoms with Gasteiger partial charge in [-0.1, -0.05) is 0 Å². The van der Waals surface area contributed by atoms with E-state index in [1.807, 2.05) is 34.6 Å². The lowest BCUT2D eigenvalue weighted by Crippen LogP contribution is -2.56. The molecule has 1 rings (SSSR count). The maximum Gasteiger partial charge on any atom is 0.323 e. The van der Waals surface area contributed by atoms with Crippen LogP contribution in [-0.2, 0) is 14.3 Å². The molecule has 0 N–H and O–H groups in total. The van der Waals surface area contributed by atoms with Gasteiger partial charge >= 0.3 is 5.97 Å². The summed E-state index contributed by atoms with van der Waals surface area (Å²) in [5, 5.41) is 0. The van der Waals surface area contributed by atoms with Crippen molar-refractivity contribution < 1.29 is 14.3 Å². The van der Waals surface area contributed by atoms with Crippen LogP contribution in [0, 0.1) is 0 Å². The highest BCUT2D eigenvalue weighted by molar-refractivity contribution is 5.75. The molecule has 0 aromatic heterocycles. The maximum absolute atomic E-state index is 12.1. The molecule has 1 saturated heterocycles. The van der Waals surface area contributed by atoms with Gasteiger partial charge in [0.2, 0.25) is 0 Å². The average molecular weight is 257 g/mol. The third-order valence-electron chi connectivity index (χ3n) is 2.89. The molecular weight excluding hydrogens is 230 g/mol. The first-order valence-electron chi connectivity index (χ1n) is 6.65. The van der Waals surface area contributed by atoms with Gasteiger partial charge in [0.05, 0.1) is 11.7 Å². The van der Waals surface area contributed by atoms with Crippen molar-refractivity contribution >= 4 is 5.97 Å². The summed E-state index contributed by atoms with van der Waals surface area (Å²) in [5.41, 5.74) is -0.646. The van der Waals surface area contributed by atoms with Crippen molar-refractivity contribution in [1.82, 2.24) is 4.90 Å². The van der Waals surface area contributed by atoms with Crippen molar-refractivity contribution in [3.05, 3.63) is 0 Å². The molecule has 18 heavy (non-hydrogen) atoms. The van der Waals surface area contributed by atoms with E-state index in [4.69, 9.17) is 9.47 Å². The lowest BCUT2D eigenvalue weighted by molar-refractivity contribution is -0.171. The van der Waals surface area contributed by atoms with Crippen LogP contribution in [0.3, 0.4) is 0 Å². The van der Waals surface area contributed by atoms with Gasteiger partial charge in [0.15, 0.2) is 0 Å². The third-order valence-corrected chi connectivity index (χ3v) is 2.89. The minimum atomic E-state index is -0.432. The Morgan fingerprint density at radius 2 is 2.00 bits per heavy atom. The Hall–Kier alpha value is -0.610. The second-order valence-corrected chi connectivity index (χ2v) is 6.83. The first-order valence-corrected chi connectivity index (χ1v) is 6.65. The Kier molecular flexibility index (Phi) is 4.44. The van der Waals surface area contributed by atoms with Gasteiger partial charge in [-0.05, 0) is 48.5 Å². The highest BCUT2D eigenvalue weighted by atomic mass is 16.6. The van der Waals surface area contributed by atoms with Crippen LogP contribution in [-0.4, -0.2) is 47.3 Å². The number of ether oxygens (including phenoxy) is 2. The summed E-state index contributed by atoms with van der Waals surface area (Å²) < 4.78 is 11.3. The number of carbonyl (C=O) groups is 1. The molecule has 2 unspecified atom stereocenters.